The average molecular weight is 339 g/mol. The minimum absolute atomic E-state index is 0.156. The molecule has 3 aromatic rings. The number of hydrogen-bond donors (Lipinski definition) is 1. The first kappa shape index (κ1) is 16.8. The van der Waals surface area contributed by atoms with Crippen LogP contribution in [0.5, 0.6) is 0 Å². The number of carbonyl (C=O) groups is 1. The Balaban J connectivity index is 1.64. The summed E-state index contributed by atoms with van der Waals surface area (Å²) in [6.07, 6.45) is 0.156. The molecule has 0 saturated heterocycles. The van der Waals surface area contributed by atoms with Gasteiger partial charge in [-0.05, 0) is 37.6 Å². The monoisotopic (exact) mass is 339 g/mol. The fourth-order valence-corrected chi connectivity index (χ4v) is 2.45. The minimum Gasteiger partial charge on any atom is -0.344 e. The van der Waals surface area contributed by atoms with Gasteiger partial charge >= 0.3 is 0 Å². The van der Waals surface area contributed by atoms with Crippen LogP contribution in [0.1, 0.15) is 30.0 Å². The van der Waals surface area contributed by atoms with Crippen LogP contribution < -0.4 is 5.32 Å². The third-order valence-electron chi connectivity index (χ3n) is 3.74. The van der Waals surface area contributed by atoms with E-state index in [0.717, 1.165) is 16.7 Å². The van der Waals surface area contributed by atoms with Crippen LogP contribution in [0.3, 0.4) is 0 Å². The van der Waals surface area contributed by atoms with Gasteiger partial charge in [0, 0.05) is 5.56 Å². The number of amides is 1. The maximum atomic E-state index is 12.9. The minimum atomic E-state index is -0.418. The van der Waals surface area contributed by atoms with Gasteiger partial charge in [0.25, 0.3) is 0 Å². The molecule has 1 amide bonds. The van der Waals surface area contributed by atoms with Gasteiger partial charge < -0.3 is 9.84 Å². The molecule has 1 aromatic heterocycles. The van der Waals surface area contributed by atoms with E-state index in [0.29, 0.717) is 11.7 Å². The predicted molar refractivity (Wildman–Crippen MR) is 91.1 cm³/mol. The number of nitrogens with zero attached hydrogens (tertiary/aromatic N) is 2. The molecule has 1 heterocycles. The summed E-state index contributed by atoms with van der Waals surface area (Å²) in [5.41, 5.74) is 2.70. The second kappa shape index (κ2) is 7.25. The summed E-state index contributed by atoms with van der Waals surface area (Å²) in [5.74, 6) is 0.295. The van der Waals surface area contributed by atoms with Gasteiger partial charge in [0.15, 0.2) is 0 Å². The summed E-state index contributed by atoms with van der Waals surface area (Å²) < 4.78 is 18.2. The van der Waals surface area contributed by atoms with E-state index in [1.165, 1.54) is 12.1 Å². The quantitative estimate of drug-likeness (QED) is 0.771. The Morgan fingerprint density at radius 3 is 2.72 bits per heavy atom. The van der Waals surface area contributed by atoms with Crippen molar-refractivity contribution in [3.63, 3.8) is 0 Å². The number of nitrogens with one attached hydrogen (secondary N) is 1. The number of aryl methyl sites for hydroxylation is 1. The van der Waals surface area contributed by atoms with Gasteiger partial charge in [-0.1, -0.05) is 41.1 Å². The van der Waals surface area contributed by atoms with Crippen LogP contribution in [-0.2, 0) is 11.2 Å². The molecule has 128 valence electrons. The van der Waals surface area contributed by atoms with E-state index in [9.17, 15) is 9.18 Å². The fourth-order valence-electron chi connectivity index (χ4n) is 2.45. The summed E-state index contributed by atoms with van der Waals surface area (Å²) in [7, 11) is 0. The van der Waals surface area contributed by atoms with Gasteiger partial charge in [-0.25, -0.2) is 4.39 Å². The molecule has 0 unspecified atom stereocenters. The van der Waals surface area contributed by atoms with E-state index in [1.54, 1.807) is 19.1 Å². The molecule has 6 heteroatoms. The zero-order valence-corrected chi connectivity index (χ0v) is 14.0. The normalized spacial score (nSPS) is 12.0. The van der Waals surface area contributed by atoms with Crippen molar-refractivity contribution in [1.29, 1.82) is 0 Å². The van der Waals surface area contributed by atoms with Gasteiger partial charge in [-0.2, -0.15) is 4.98 Å². The van der Waals surface area contributed by atoms with Crippen molar-refractivity contribution in [3.05, 3.63) is 71.4 Å². The lowest BCUT2D eigenvalue weighted by atomic mass is 10.1. The van der Waals surface area contributed by atoms with Crippen molar-refractivity contribution in [2.45, 2.75) is 26.3 Å². The van der Waals surface area contributed by atoms with E-state index in [-0.39, 0.29) is 18.1 Å². The Morgan fingerprint density at radius 1 is 1.24 bits per heavy atom. The highest BCUT2D eigenvalue weighted by Gasteiger charge is 2.17. The zero-order chi connectivity index (χ0) is 17.8. The molecule has 5 nitrogen and oxygen atoms in total. The van der Waals surface area contributed by atoms with Gasteiger partial charge in [0.05, 0.1) is 6.42 Å². The first-order chi connectivity index (χ1) is 12.0. The maximum Gasteiger partial charge on any atom is 0.249 e. The van der Waals surface area contributed by atoms with E-state index < -0.39 is 6.04 Å². The second-order valence-corrected chi connectivity index (χ2v) is 5.92. The van der Waals surface area contributed by atoms with Crippen molar-refractivity contribution in [2.75, 3.05) is 0 Å². The highest BCUT2D eigenvalue weighted by molar-refractivity contribution is 5.78. The lowest BCUT2D eigenvalue weighted by Gasteiger charge is -2.09. The Labute approximate surface area is 144 Å². The molecule has 0 aliphatic rings. The largest absolute Gasteiger partial charge is 0.344 e. The molecular formula is C19H18FN3O2. The van der Waals surface area contributed by atoms with Crippen molar-refractivity contribution in [2.24, 2.45) is 0 Å². The molecule has 1 N–H and O–H groups in total. The summed E-state index contributed by atoms with van der Waals surface area (Å²) >= 11 is 0. The van der Waals surface area contributed by atoms with E-state index in [1.807, 2.05) is 31.2 Å². The topological polar surface area (TPSA) is 68.0 Å². The molecule has 25 heavy (non-hydrogen) atoms. The molecule has 2 aromatic carbocycles. The summed E-state index contributed by atoms with van der Waals surface area (Å²) in [5, 5.41) is 6.78. The Kier molecular flexibility index (Phi) is 4.88. The van der Waals surface area contributed by atoms with Gasteiger partial charge in [-0.3, -0.25) is 4.79 Å². The standard InChI is InChI=1S/C19H18FN3O2/c1-12-4-3-5-15(10-12)18-22-19(25-23-18)13(2)21-17(24)11-14-6-8-16(20)9-7-14/h3-10,13H,11H2,1-2H3,(H,21,24)/t13-/m1/s1. The Bertz CT molecular complexity index is 874. The first-order valence-corrected chi connectivity index (χ1v) is 7.96. The Morgan fingerprint density at radius 2 is 2.00 bits per heavy atom. The second-order valence-electron chi connectivity index (χ2n) is 5.92. The molecule has 0 bridgehead atoms. The summed E-state index contributed by atoms with van der Waals surface area (Å²) in [6, 6.07) is 13.2. The van der Waals surface area contributed by atoms with Crippen molar-refractivity contribution < 1.29 is 13.7 Å². The molecule has 1 atom stereocenters. The van der Waals surface area contributed by atoms with Gasteiger partial charge in [0.2, 0.25) is 17.6 Å². The van der Waals surface area contributed by atoms with Crippen LogP contribution in [0.4, 0.5) is 4.39 Å². The average Bonchev–Trinajstić information content (AvgIpc) is 3.07. The molecule has 0 spiro atoms. The smallest absolute Gasteiger partial charge is 0.249 e. The van der Waals surface area contributed by atoms with Gasteiger partial charge in [0.1, 0.15) is 11.9 Å². The number of aromatic nitrogens is 2. The SMILES string of the molecule is Cc1cccc(-c2noc([C@@H](C)NC(=O)Cc3ccc(F)cc3)n2)c1. The molecule has 0 saturated carbocycles. The van der Waals surface area contributed by atoms with Gasteiger partial charge in [-0.15, -0.1) is 0 Å². The molecule has 0 aliphatic heterocycles. The van der Waals surface area contributed by atoms with E-state index in [2.05, 4.69) is 15.5 Å². The van der Waals surface area contributed by atoms with E-state index >= 15 is 0 Å². The highest BCUT2D eigenvalue weighted by atomic mass is 19.1. The van der Waals surface area contributed by atoms with Crippen molar-refractivity contribution in [3.8, 4) is 11.4 Å². The van der Waals surface area contributed by atoms with Crippen LogP contribution in [0, 0.1) is 12.7 Å². The fraction of sp³-hybridized carbons (Fsp3) is 0.211. The van der Waals surface area contributed by atoms with Crippen LogP contribution in [0.25, 0.3) is 11.4 Å². The molecule has 0 aliphatic carbocycles. The molecule has 0 radical (unpaired) electrons. The lowest BCUT2D eigenvalue weighted by Crippen LogP contribution is -2.28. The van der Waals surface area contributed by atoms with Crippen LogP contribution in [0.2, 0.25) is 0 Å². The zero-order valence-electron chi connectivity index (χ0n) is 14.0. The molecule has 3 rings (SSSR count). The van der Waals surface area contributed by atoms with Crippen LogP contribution in [-0.4, -0.2) is 16.0 Å². The highest BCUT2D eigenvalue weighted by Crippen LogP contribution is 2.19. The molecule has 0 fully saturated rings. The predicted octanol–water partition coefficient (Wildman–Crippen LogP) is 3.60. The number of halogens is 1. The number of benzene rings is 2. The lowest BCUT2D eigenvalue weighted by molar-refractivity contribution is -0.121. The van der Waals surface area contributed by atoms with Crippen LogP contribution >= 0.6 is 0 Å². The number of rotatable bonds is 5. The number of carbonyl (C=O) groups excluding carboxylic acids is 1. The first-order valence-electron chi connectivity index (χ1n) is 7.96. The third-order valence-corrected chi connectivity index (χ3v) is 3.74. The third kappa shape index (κ3) is 4.29. The van der Waals surface area contributed by atoms with Crippen LogP contribution in [0.15, 0.2) is 53.1 Å². The number of hydrogen-bond acceptors (Lipinski definition) is 4. The summed E-state index contributed by atoms with van der Waals surface area (Å²) in [4.78, 5) is 16.5. The van der Waals surface area contributed by atoms with Crippen molar-refractivity contribution in [1.82, 2.24) is 15.5 Å². The Hall–Kier alpha value is -3.02. The van der Waals surface area contributed by atoms with E-state index in [4.69, 9.17) is 4.52 Å². The van der Waals surface area contributed by atoms with Crippen molar-refractivity contribution >= 4 is 5.91 Å². The summed E-state index contributed by atoms with van der Waals surface area (Å²) in [6.45, 7) is 3.76. The maximum absolute atomic E-state index is 12.9. The molecular weight excluding hydrogens is 321 g/mol.